The number of ether oxygens (including phenoxy) is 1. The van der Waals surface area contributed by atoms with Crippen LogP contribution in [0.2, 0.25) is 5.02 Å². The highest BCUT2D eigenvalue weighted by Crippen LogP contribution is 2.43. The van der Waals surface area contributed by atoms with Crippen molar-refractivity contribution in [2.45, 2.75) is 12.6 Å². The Morgan fingerprint density at radius 1 is 1.06 bits per heavy atom. The molecule has 2 heterocycles. The van der Waals surface area contributed by atoms with Crippen LogP contribution in [0.15, 0.2) is 89.0 Å². The highest BCUT2D eigenvalue weighted by atomic mass is 35.5. The molecule has 1 unspecified atom stereocenters. The Balaban J connectivity index is 1.73. The summed E-state index contributed by atoms with van der Waals surface area (Å²) in [5.41, 5.74) is 1.03. The van der Waals surface area contributed by atoms with Crippen LogP contribution < -0.4 is 4.74 Å². The summed E-state index contributed by atoms with van der Waals surface area (Å²) in [7, 11) is 1.49. The first-order valence-corrected chi connectivity index (χ1v) is 11.0. The summed E-state index contributed by atoms with van der Waals surface area (Å²) in [6.07, 6.45) is 1.51. The summed E-state index contributed by atoms with van der Waals surface area (Å²) in [6, 6.07) is 20.7. The first-order chi connectivity index (χ1) is 16.5. The molecule has 1 fully saturated rings. The van der Waals surface area contributed by atoms with E-state index in [1.54, 1.807) is 24.3 Å². The maximum absolute atomic E-state index is 13.3. The number of rotatable bonds is 5. The molecule has 0 radical (unpaired) electrons. The van der Waals surface area contributed by atoms with Gasteiger partial charge in [0.1, 0.15) is 17.3 Å². The van der Waals surface area contributed by atoms with Gasteiger partial charge in [0, 0.05) is 5.56 Å². The Morgan fingerprint density at radius 2 is 1.85 bits per heavy atom. The lowest BCUT2D eigenvalue weighted by Gasteiger charge is -2.25. The molecule has 0 spiro atoms. The lowest BCUT2D eigenvalue weighted by molar-refractivity contribution is -0.140. The molecule has 5 rings (SSSR count). The molecule has 0 bridgehead atoms. The number of aliphatic hydroxyl groups is 1. The van der Waals surface area contributed by atoms with E-state index < -0.39 is 17.7 Å². The lowest BCUT2D eigenvalue weighted by atomic mass is 9.91. The van der Waals surface area contributed by atoms with Gasteiger partial charge >= 0.3 is 0 Å². The third kappa shape index (κ3) is 3.62. The van der Waals surface area contributed by atoms with Crippen LogP contribution in [-0.4, -0.2) is 28.8 Å². The van der Waals surface area contributed by atoms with Gasteiger partial charge in [-0.3, -0.25) is 9.59 Å². The van der Waals surface area contributed by atoms with Gasteiger partial charge in [0.15, 0.2) is 0 Å². The minimum Gasteiger partial charge on any atom is -0.507 e. The van der Waals surface area contributed by atoms with Crippen molar-refractivity contribution in [3.05, 3.63) is 107 Å². The second-order valence-electron chi connectivity index (χ2n) is 7.92. The predicted octanol–water partition coefficient (Wildman–Crippen LogP) is 5.72. The van der Waals surface area contributed by atoms with E-state index in [2.05, 4.69) is 0 Å². The van der Waals surface area contributed by atoms with Crippen LogP contribution in [0.3, 0.4) is 0 Å². The first-order valence-electron chi connectivity index (χ1n) is 10.6. The van der Waals surface area contributed by atoms with Gasteiger partial charge in [-0.15, -0.1) is 0 Å². The Labute approximate surface area is 200 Å². The topological polar surface area (TPSA) is 80.0 Å². The van der Waals surface area contributed by atoms with Crippen molar-refractivity contribution < 1.29 is 23.8 Å². The molecule has 6 nitrogen and oxygen atoms in total. The molecule has 1 amide bonds. The molecule has 1 N–H and O–H groups in total. The SMILES string of the molecule is COc1ccc(/C(O)=C2/C(=O)C(=O)N(Cc3ccco3)C2c2cccc3ccccc23)cc1Cl. The average Bonchev–Trinajstić information content (AvgIpc) is 3.45. The molecule has 170 valence electrons. The van der Waals surface area contributed by atoms with Crippen molar-refractivity contribution in [2.75, 3.05) is 7.11 Å². The fourth-order valence-electron chi connectivity index (χ4n) is 4.39. The Bertz CT molecular complexity index is 1440. The van der Waals surface area contributed by atoms with Crippen LogP contribution in [0.1, 0.15) is 22.9 Å². The number of benzene rings is 3. The maximum atomic E-state index is 13.3. The number of hydrogen-bond donors (Lipinski definition) is 1. The fraction of sp³-hybridized carbons (Fsp3) is 0.111. The largest absolute Gasteiger partial charge is 0.507 e. The molecule has 7 heteroatoms. The smallest absolute Gasteiger partial charge is 0.296 e. The Morgan fingerprint density at radius 3 is 2.59 bits per heavy atom. The summed E-state index contributed by atoms with van der Waals surface area (Å²) in [5, 5.41) is 13.4. The molecule has 0 saturated carbocycles. The quantitative estimate of drug-likeness (QED) is 0.228. The van der Waals surface area contributed by atoms with Gasteiger partial charge in [-0.05, 0) is 46.7 Å². The van der Waals surface area contributed by atoms with Gasteiger partial charge in [0.05, 0.1) is 36.6 Å². The molecule has 3 aromatic carbocycles. The van der Waals surface area contributed by atoms with Crippen LogP contribution in [-0.2, 0) is 16.1 Å². The van der Waals surface area contributed by atoms with Crippen molar-refractivity contribution in [2.24, 2.45) is 0 Å². The van der Waals surface area contributed by atoms with E-state index in [-0.39, 0.29) is 22.9 Å². The number of furan rings is 1. The highest BCUT2D eigenvalue weighted by Gasteiger charge is 2.46. The second-order valence-corrected chi connectivity index (χ2v) is 8.33. The van der Waals surface area contributed by atoms with Gasteiger partial charge < -0.3 is 19.2 Å². The average molecular weight is 474 g/mol. The van der Waals surface area contributed by atoms with Crippen molar-refractivity contribution in [1.82, 2.24) is 4.90 Å². The number of hydrogen-bond acceptors (Lipinski definition) is 5. The third-order valence-electron chi connectivity index (χ3n) is 5.99. The molecule has 34 heavy (non-hydrogen) atoms. The van der Waals surface area contributed by atoms with Crippen molar-refractivity contribution in [3.8, 4) is 5.75 Å². The van der Waals surface area contributed by atoms with E-state index >= 15 is 0 Å². The summed E-state index contributed by atoms with van der Waals surface area (Å²) >= 11 is 6.27. The first kappa shape index (κ1) is 21.8. The third-order valence-corrected chi connectivity index (χ3v) is 6.28. The number of likely N-dealkylation sites (tertiary alicyclic amines) is 1. The molecule has 1 aliphatic rings. The zero-order chi connectivity index (χ0) is 23.8. The monoisotopic (exact) mass is 473 g/mol. The number of ketones is 1. The minimum atomic E-state index is -0.822. The number of fused-ring (bicyclic) bond motifs is 1. The maximum Gasteiger partial charge on any atom is 0.296 e. The molecular weight excluding hydrogens is 454 g/mol. The molecule has 1 aromatic heterocycles. The summed E-state index contributed by atoms with van der Waals surface area (Å²) in [5.74, 6) is -0.825. The zero-order valence-electron chi connectivity index (χ0n) is 18.2. The van der Waals surface area contributed by atoms with E-state index in [0.717, 1.165) is 16.3 Å². The molecule has 1 saturated heterocycles. The molecule has 1 aliphatic heterocycles. The van der Waals surface area contributed by atoms with Crippen LogP contribution in [0, 0.1) is 0 Å². The normalized spacial score (nSPS) is 17.5. The summed E-state index contributed by atoms with van der Waals surface area (Å²) in [4.78, 5) is 27.9. The Hall–Kier alpha value is -4.03. The number of carbonyl (C=O) groups excluding carboxylic acids is 2. The van der Waals surface area contributed by atoms with Gasteiger partial charge in [-0.2, -0.15) is 0 Å². The standard InChI is InChI=1S/C27H20ClNO5/c1-33-22-12-11-17(14-21(22)28)25(30)23-24(20-10-4-7-16-6-2-3-9-19(16)20)29(27(32)26(23)31)15-18-8-5-13-34-18/h2-14,24,30H,15H2,1H3/b25-23-. The van der Waals surface area contributed by atoms with Crippen LogP contribution in [0.5, 0.6) is 5.75 Å². The fourth-order valence-corrected chi connectivity index (χ4v) is 4.65. The van der Waals surface area contributed by atoms with Crippen LogP contribution in [0.4, 0.5) is 0 Å². The number of nitrogens with zero attached hydrogens (tertiary/aromatic N) is 1. The van der Waals surface area contributed by atoms with E-state index in [1.807, 2.05) is 42.5 Å². The highest BCUT2D eigenvalue weighted by molar-refractivity contribution is 6.46. The van der Waals surface area contributed by atoms with E-state index in [0.29, 0.717) is 17.1 Å². The van der Waals surface area contributed by atoms with Crippen molar-refractivity contribution in [3.63, 3.8) is 0 Å². The van der Waals surface area contributed by atoms with Crippen LogP contribution in [0.25, 0.3) is 16.5 Å². The Kier molecular flexibility index (Phi) is 5.59. The molecular formula is C27H20ClNO5. The number of amides is 1. The molecule has 0 aliphatic carbocycles. The molecule has 4 aromatic rings. The number of halogens is 1. The van der Waals surface area contributed by atoms with Gasteiger partial charge in [0.2, 0.25) is 0 Å². The number of aliphatic hydroxyl groups excluding tert-OH is 1. The van der Waals surface area contributed by atoms with Gasteiger partial charge in [-0.25, -0.2) is 0 Å². The predicted molar refractivity (Wildman–Crippen MR) is 129 cm³/mol. The second kappa shape index (κ2) is 8.72. The molecule has 1 atom stereocenters. The zero-order valence-corrected chi connectivity index (χ0v) is 19.0. The number of Topliss-reactive ketones (excluding diaryl/α,β-unsaturated/α-hetero) is 1. The van der Waals surface area contributed by atoms with E-state index in [9.17, 15) is 14.7 Å². The van der Waals surface area contributed by atoms with E-state index in [1.165, 1.54) is 24.3 Å². The summed E-state index contributed by atoms with van der Waals surface area (Å²) in [6.45, 7) is 0.0750. The number of carbonyl (C=O) groups is 2. The van der Waals surface area contributed by atoms with E-state index in [4.69, 9.17) is 20.8 Å². The summed E-state index contributed by atoms with van der Waals surface area (Å²) < 4.78 is 10.6. The van der Waals surface area contributed by atoms with Crippen molar-refractivity contribution >= 4 is 39.8 Å². The lowest BCUT2D eigenvalue weighted by Crippen LogP contribution is -2.29. The van der Waals surface area contributed by atoms with Crippen LogP contribution >= 0.6 is 11.6 Å². The van der Waals surface area contributed by atoms with Gasteiger partial charge in [0.25, 0.3) is 11.7 Å². The van der Waals surface area contributed by atoms with Crippen molar-refractivity contribution in [1.29, 1.82) is 0 Å². The minimum absolute atomic E-state index is 0.00542. The number of methoxy groups -OCH3 is 1. The van der Waals surface area contributed by atoms with Gasteiger partial charge in [-0.1, -0.05) is 54.1 Å².